The van der Waals surface area contributed by atoms with Crippen molar-refractivity contribution in [1.82, 2.24) is 9.97 Å². The highest BCUT2D eigenvalue weighted by Crippen LogP contribution is 2.39. The number of rotatable bonds is 16. The maximum atomic E-state index is 6.31. The van der Waals surface area contributed by atoms with Crippen LogP contribution in [-0.2, 0) is 12.8 Å². The van der Waals surface area contributed by atoms with Crippen molar-refractivity contribution in [2.24, 2.45) is 0 Å². The van der Waals surface area contributed by atoms with Gasteiger partial charge in [0.25, 0.3) is 0 Å². The lowest BCUT2D eigenvalue weighted by atomic mass is 9.94. The summed E-state index contributed by atoms with van der Waals surface area (Å²) in [5.41, 5.74) is 4.35. The Balaban J connectivity index is 1.04. The number of nitrogens with one attached hydrogen (secondary N) is 2. The quantitative estimate of drug-likeness (QED) is 0.0799. The zero-order valence-corrected chi connectivity index (χ0v) is 29.8. The number of furan rings is 2. The van der Waals surface area contributed by atoms with E-state index in [-0.39, 0.29) is 0 Å². The second-order valence-corrected chi connectivity index (χ2v) is 14.4. The minimum absolute atomic E-state index is 0.917. The maximum Gasteiger partial charge on any atom is 0.150 e. The summed E-state index contributed by atoms with van der Waals surface area (Å²) in [5.74, 6) is 4.00. The highest BCUT2D eigenvalue weighted by molar-refractivity contribution is 6.25. The molecule has 256 valence electrons. The molecular formula is C46H50N2O2. The molecule has 2 N–H and O–H groups in total. The SMILES string of the molecule is CCCCCCCCc1ccc(-c2cc3c(ccc4c3ccc3c5ccc6[nH]c(-c7ccc(CCCCCCCC)o7)cc6c5ccc43)[nH]2)o1. The Hall–Kier alpha value is -4.70. The minimum atomic E-state index is 0.917. The number of benzene rings is 4. The summed E-state index contributed by atoms with van der Waals surface area (Å²) in [6.45, 7) is 4.54. The Morgan fingerprint density at radius 2 is 0.740 bits per heavy atom. The van der Waals surface area contributed by atoms with Crippen LogP contribution in [0, 0.1) is 0 Å². The van der Waals surface area contributed by atoms with Gasteiger partial charge in [-0.3, -0.25) is 0 Å². The molecule has 0 aliphatic heterocycles. The molecule has 4 heterocycles. The normalized spacial score (nSPS) is 12.1. The van der Waals surface area contributed by atoms with Crippen molar-refractivity contribution < 1.29 is 8.83 Å². The molecule has 0 aliphatic carbocycles. The zero-order valence-electron chi connectivity index (χ0n) is 29.8. The number of hydrogen-bond acceptors (Lipinski definition) is 2. The molecule has 8 rings (SSSR count). The van der Waals surface area contributed by atoms with Gasteiger partial charge in [0, 0.05) is 34.6 Å². The monoisotopic (exact) mass is 662 g/mol. The van der Waals surface area contributed by atoms with E-state index < -0.39 is 0 Å². The largest absolute Gasteiger partial charge is 0.460 e. The van der Waals surface area contributed by atoms with E-state index in [9.17, 15) is 0 Å². The first-order valence-electron chi connectivity index (χ1n) is 19.3. The summed E-state index contributed by atoms with van der Waals surface area (Å²) in [5, 5.41) is 10.1. The van der Waals surface area contributed by atoms with Crippen LogP contribution in [0.1, 0.15) is 102 Å². The van der Waals surface area contributed by atoms with Gasteiger partial charge in [0.1, 0.15) is 11.5 Å². The fourth-order valence-electron chi connectivity index (χ4n) is 8.00. The molecule has 0 spiro atoms. The van der Waals surface area contributed by atoms with Crippen molar-refractivity contribution in [1.29, 1.82) is 0 Å². The minimum Gasteiger partial charge on any atom is -0.460 e. The molecule has 0 unspecified atom stereocenters. The van der Waals surface area contributed by atoms with E-state index >= 15 is 0 Å². The first-order valence-corrected chi connectivity index (χ1v) is 19.3. The molecule has 4 aromatic carbocycles. The summed E-state index contributed by atoms with van der Waals surface area (Å²) < 4.78 is 12.6. The predicted molar refractivity (Wildman–Crippen MR) is 212 cm³/mol. The van der Waals surface area contributed by atoms with Crippen molar-refractivity contribution >= 4 is 54.1 Å². The first kappa shape index (κ1) is 32.5. The maximum absolute atomic E-state index is 6.31. The average Bonchev–Trinajstić information content (AvgIpc) is 3.96. The van der Waals surface area contributed by atoms with Gasteiger partial charge in [0.05, 0.1) is 11.4 Å². The summed E-state index contributed by atoms with van der Waals surface area (Å²) in [6.07, 6.45) is 17.6. The van der Waals surface area contributed by atoms with Crippen molar-refractivity contribution in [2.45, 2.75) is 104 Å². The number of H-pyrrole nitrogens is 2. The van der Waals surface area contributed by atoms with Crippen LogP contribution < -0.4 is 0 Å². The number of aromatic nitrogens is 2. The third-order valence-electron chi connectivity index (χ3n) is 10.8. The fourth-order valence-corrected chi connectivity index (χ4v) is 8.00. The molecule has 0 amide bonds. The number of hydrogen-bond donors (Lipinski definition) is 2. The lowest BCUT2D eigenvalue weighted by molar-refractivity contribution is 0.501. The van der Waals surface area contributed by atoms with Crippen LogP contribution in [0.2, 0.25) is 0 Å². The second-order valence-electron chi connectivity index (χ2n) is 14.4. The highest BCUT2D eigenvalue weighted by atomic mass is 16.3. The fraction of sp³-hybridized carbons (Fsp3) is 0.348. The van der Waals surface area contributed by atoms with Gasteiger partial charge >= 0.3 is 0 Å². The lowest BCUT2D eigenvalue weighted by Gasteiger charge is -2.09. The molecular weight excluding hydrogens is 613 g/mol. The second kappa shape index (κ2) is 14.6. The summed E-state index contributed by atoms with van der Waals surface area (Å²) in [7, 11) is 0. The molecule has 50 heavy (non-hydrogen) atoms. The zero-order chi connectivity index (χ0) is 33.9. The highest BCUT2D eigenvalue weighted by Gasteiger charge is 2.15. The van der Waals surface area contributed by atoms with Crippen molar-refractivity contribution in [3.8, 4) is 22.9 Å². The van der Waals surface area contributed by atoms with Gasteiger partial charge in [0.15, 0.2) is 11.5 Å². The van der Waals surface area contributed by atoms with Crippen LogP contribution in [0.3, 0.4) is 0 Å². The molecule has 0 atom stereocenters. The number of unbranched alkanes of at least 4 members (excludes halogenated alkanes) is 10. The Labute approximate surface area is 295 Å². The van der Waals surface area contributed by atoms with Crippen LogP contribution in [0.15, 0.2) is 93.8 Å². The standard InChI is InChI=1S/C46H50N2O2/c1-3-5-7-9-11-13-15-31-17-27-45(49-31)43-29-39-37-21-19-34-33(35(37)23-25-41(39)47-43)20-22-38-36(34)24-26-42-40(38)30-44(48-42)46-28-18-32(50-46)16-14-12-10-8-6-4-2/h17-30,47-48H,3-16H2,1-2H3. The van der Waals surface area contributed by atoms with Crippen molar-refractivity contribution in [2.75, 3.05) is 0 Å². The van der Waals surface area contributed by atoms with Crippen LogP contribution in [0.25, 0.3) is 77.0 Å². The molecule has 0 fully saturated rings. The van der Waals surface area contributed by atoms with Crippen LogP contribution in [-0.4, -0.2) is 9.97 Å². The van der Waals surface area contributed by atoms with E-state index in [1.165, 1.54) is 120 Å². The number of aryl methyl sites for hydroxylation is 2. The molecule has 4 heteroatoms. The Morgan fingerprint density at radius 1 is 0.380 bits per heavy atom. The lowest BCUT2D eigenvalue weighted by Crippen LogP contribution is -1.83. The van der Waals surface area contributed by atoms with Crippen molar-refractivity contribution in [3.05, 3.63) is 96.4 Å². The van der Waals surface area contributed by atoms with Crippen molar-refractivity contribution in [3.63, 3.8) is 0 Å². The topological polar surface area (TPSA) is 57.9 Å². The Morgan fingerprint density at radius 3 is 1.16 bits per heavy atom. The van der Waals surface area contributed by atoms with Gasteiger partial charge in [0.2, 0.25) is 0 Å². The molecule has 4 aromatic heterocycles. The number of fused-ring (bicyclic) bond motifs is 9. The molecule has 0 aliphatic rings. The van der Waals surface area contributed by atoms with Gasteiger partial charge in [-0.1, -0.05) is 114 Å². The van der Waals surface area contributed by atoms with Crippen LogP contribution in [0.5, 0.6) is 0 Å². The van der Waals surface area contributed by atoms with Gasteiger partial charge < -0.3 is 18.8 Å². The van der Waals surface area contributed by atoms with Gasteiger partial charge in [-0.25, -0.2) is 0 Å². The third kappa shape index (κ3) is 6.49. The van der Waals surface area contributed by atoms with Gasteiger partial charge in [-0.2, -0.15) is 0 Å². The van der Waals surface area contributed by atoms with E-state index in [0.29, 0.717) is 0 Å². The molecule has 8 aromatic rings. The van der Waals surface area contributed by atoms with Gasteiger partial charge in [-0.05, 0) is 93.7 Å². The molecule has 0 saturated carbocycles. The summed E-state index contributed by atoms with van der Waals surface area (Å²) in [4.78, 5) is 7.27. The Bertz CT molecular complexity index is 2210. The predicted octanol–water partition coefficient (Wildman–Crippen LogP) is 14.4. The number of aromatic amines is 2. The molecule has 0 bridgehead atoms. The first-order chi connectivity index (χ1) is 24.7. The van der Waals surface area contributed by atoms with E-state index in [2.05, 4.69) is 109 Å². The average molecular weight is 663 g/mol. The molecule has 0 saturated heterocycles. The van der Waals surface area contributed by atoms with Gasteiger partial charge in [-0.15, -0.1) is 0 Å². The van der Waals surface area contributed by atoms with E-state index in [1.807, 2.05) is 0 Å². The summed E-state index contributed by atoms with van der Waals surface area (Å²) >= 11 is 0. The Kier molecular flexibility index (Phi) is 9.52. The molecule has 0 radical (unpaired) electrons. The van der Waals surface area contributed by atoms with E-state index in [4.69, 9.17) is 8.83 Å². The van der Waals surface area contributed by atoms with E-state index in [0.717, 1.165) is 58.3 Å². The van der Waals surface area contributed by atoms with E-state index in [1.54, 1.807) is 0 Å². The summed E-state index contributed by atoms with van der Waals surface area (Å²) in [6, 6.07) is 31.2. The smallest absolute Gasteiger partial charge is 0.150 e. The third-order valence-corrected chi connectivity index (χ3v) is 10.8. The van der Waals surface area contributed by atoms with Crippen LogP contribution >= 0.6 is 0 Å². The molecule has 4 nitrogen and oxygen atoms in total. The van der Waals surface area contributed by atoms with Crippen LogP contribution in [0.4, 0.5) is 0 Å².